The highest BCUT2D eigenvalue weighted by Gasteiger charge is 2.29. The maximum absolute atomic E-state index is 13.6. The van der Waals surface area contributed by atoms with Crippen LogP contribution in [-0.4, -0.2) is 40.3 Å². The highest BCUT2D eigenvalue weighted by atomic mass is 35.5. The van der Waals surface area contributed by atoms with Crippen LogP contribution >= 0.6 is 11.6 Å². The number of aromatic nitrogens is 1. The second kappa shape index (κ2) is 9.66. The van der Waals surface area contributed by atoms with Crippen molar-refractivity contribution in [3.8, 4) is 0 Å². The van der Waals surface area contributed by atoms with Gasteiger partial charge in [-0.1, -0.05) is 48.0 Å². The van der Waals surface area contributed by atoms with Gasteiger partial charge in [0.05, 0.1) is 11.3 Å². The van der Waals surface area contributed by atoms with E-state index in [1.807, 2.05) is 36.1 Å². The van der Waals surface area contributed by atoms with Crippen LogP contribution in [0.2, 0.25) is 5.02 Å². The molecule has 0 aliphatic carbocycles. The predicted octanol–water partition coefficient (Wildman–Crippen LogP) is 5.62. The van der Waals surface area contributed by atoms with Crippen molar-refractivity contribution in [3.05, 3.63) is 99.3 Å². The van der Waals surface area contributed by atoms with E-state index < -0.39 is 0 Å². The molecule has 0 atom stereocenters. The van der Waals surface area contributed by atoms with Gasteiger partial charge in [0.2, 0.25) is 0 Å². The van der Waals surface area contributed by atoms with E-state index in [0.717, 1.165) is 67.4 Å². The zero-order valence-corrected chi connectivity index (χ0v) is 19.9. The average Bonchev–Trinajstić information content (AvgIpc) is 2.85. The molecule has 1 amide bonds. The molecule has 3 aromatic rings. The molecule has 1 aromatic heterocycles. The van der Waals surface area contributed by atoms with E-state index in [-0.39, 0.29) is 5.91 Å². The van der Waals surface area contributed by atoms with Crippen molar-refractivity contribution in [2.24, 2.45) is 0 Å². The van der Waals surface area contributed by atoms with Crippen LogP contribution in [0.5, 0.6) is 0 Å². The van der Waals surface area contributed by atoms with Crippen LogP contribution in [0.1, 0.15) is 57.2 Å². The quantitative estimate of drug-likeness (QED) is 0.508. The summed E-state index contributed by atoms with van der Waals surface area (Å²) in [5, 5.41) is 0.775. The first-order valence-electron chi connectivity index (χ1n) is 11.9. The molecule has 5 rings (SSSR count). The SMILES string of the molecule is Cc1ccc(C(=O)N2CCc3ccccc3C2)c(C2CCN(Cc3ccc(Cl)cc3)CC2)n1. The third kappa shape index (κ3) is 4.97. The number of carbonyl (C=O) groups is 1. The fourth-order valence-electron chi connectivity index (χ4n) is 5.12. The van der Waals surface area contributed by atoms with Crippen molar-refractivity contribution in [2.45, 2.75) is 45.2 Å². The topological polar surface area (TPSA) is 36.4 Å². The van der Waals surface area contributed by atoms with E-state index in [1.54, 1.807) is 0 Å². The second-order valence-corrected chi connectivity index (χ2v) is 9.74. The predicted molar refractivity (Wildman–Crippen MR) is 133 cm³/mol. The third-order valence-electron chi connectivity index (χ3n) is 7.01. The van der Waals surface area contributed by atoms with Crippen LogP contribution in [0.15, 0.2) is 60.7 Å². The molecule has 0 bridgehead atoms. The van der Waals surface area contributed by atoms with Crippen LogP contribution in [0.3, 0.4) is 0 Å². The zero-order valence-electron chi connectivity index (χ0n) is 19.1. The summed E-state index contributed by atoms with van der Waals surface area (Å²) in [6.45, 7) is 6.42. The maximum Gasteiger partial charge on any atom is 0.256 e. The van der Waals surface area contributed by atoms with E-state index in [1.165, 1.54) is 16.7 Å². The Balaban J connectivity index is 1.29. The van der Waals surface area contributed by atoms with Gasteiger partial charge in [-0.2, -0.15) is 0 Å². The van der Waals surface area contributed by atoms with E-state index in [9.17, 15) is 4.79 Å². The Bertz CT molecular complexity index is 1140. The molecule has 3 heterocycles. The van der Waals surface area contributed by atoms with Crippen molar-refractivity contribution in [1.82, 2.24) is 14.8 Å². The summed E-state index contributed by atoms with van der Waals surface area (Å²) in [5.41, 5.74) is 6.66. The number of pyridine rings is 1. The molecule has 170 valence electrons. The molecular weight excluding hydrogens is 430 g/mol. The number of hydrogen-bond acceptors (Lipinski definition) is 3. The Labute approximate surface area is 201 Å². The highest BCUT2D eigenvalue weighted by molar-refractivity contribution is 6.30. The maximum atomic E-state index is 13.6. The van der Waals surface area contributed by atoms with Gasteiger partial charge in [0.1, 0.15) is 0 Å². The molecule has 0 unspecified atom stereocenters. The molecule has 0 saturated carbocycles. The molecule has 0 spiro atoms. The Morgan fingerprint density at radius 1 is 0.970 bits per heavy atom. The van der Waals surface area contributed by atoms with Gasteiger partial charge in [-0.15, -0.1) is 0 Å². The number of halogens is 1. The number of piperidine rings is 1. The minimum Gasteiger partial charge on any atom is -0.334 e. The van der Waals surface area contributed by atoms with E-state index in [2.05, 4.69) is 41.3 Å². The van der Waals surface area contributed by atoms with Crippen molar-refractivity contribution < 1.29 is 4.79 Å². The summed E-state index contributed by atoms with van der Waals surface area (Å²) in [5.74, 6) is 0.443. The van der Waals surface area contributed by atoms with E-state index in [0.29, 0.717) is 12.5 Å². The Morgan fingerprint density at radius 2 is 1.70 bits per heavy atom. The highest BCUT2D eigenvalue weighted by Crippen LogP contribution is 2.31. The average molecular weight is 460 g/mol. The number of amides is 1. The fourth-order valence-corrected chi connectivity index (χ4v) is 5.25. The first-order valence-corrected chi connectivity index (χ1v) is 12.2. The molecule has 0 radical (unpaired) electrons. The van der Waals surface area contributed by atoms with Gasteiger partial charge in [0, 0.05) is 36.3 Å². The molecular formula is C28H30ClN3O. The second-order valence-electron chi connectivity index (χ2n) is 9.31. The molecule has 33 heavy (non-hydrogen) atoms. The Kier molecular flexibility index (Phi) is 6.48. The largest absolute Gasteiger partial charge is 0.334 e. The first kappa shape index (κ1) is 22.1. The molecule has 1 fully saturated rings. The summed E-state index contributed by atoms with van der Waals surface area (Å²) in [6, 6.07) is 20.5. The van der Waals surface area contributed by atoms with Crippen LogP contribution in [0.4, 0.5) is 0 Å². The van der Waals surface area contributed by atoms with Gasteiger partial charge < -0.3 is 4.90 Å². The van der Waals surface area contributed by atoms with Gasteiger partial charge in [-0.05, 0) is 80.2 Å². The summed E-state index contributed by atoms with van der Waals surface area (Å²) >= 11 is 6.02. The lowest BCUT2D eigenvalue weighted by molar-refractivity contribution is 0.0731. The van der Waals surface area contributed by atoms with Crippen LogP contribution < -0.4 is 0 Å². The number of likely N-dealkylation sites (tertiary alicyclic amines) is 1. The van der Waals surface area contributed by atoms with Gasteiger partial charge in [0.25, 0.3) is 5.91 Å². The number of fused-ring (bicyclic) bond motifs is 1. The van der Waals surface area contributed by atoms with E-state index in [4.69, 9.17) is 16.6 Å². The molecule has 0 N–H and O–H groups in total. The summed E-state index contributed by atoms with van der Waals surface area (Å²) in [4.78, 5) is 23.0. The monoisotopic (exact) mass is 459 g/mol. The summed E-state index contributed by atoms with van der Waals surface area (Å²) < 4.78 is 0. The standard InChI is InChI=1S/C28H30ClN3O/c1-20-6-11-26(28(33)32-17-14-22-4-2-3-5-24(22)19-32)27(30-20)23-12-15-31(16-13-23)18-21-7-9-25(29)10-8-21/h2-11,23H,12-19H2,1H3. The number of aryl methyl sites for hydroxylation is 1. The van der Waals surface area contributed by atoms with Gasteiger partial charge in [0.15, 0.2) is 0 Å². The molecule has 2 aliphatic heterocycles. The molecule has 5 heteroatoms. The zero-order chi connectivity index (χ0) is 22.8. The molecule has 2 aliphatic rings. The Morgan fingerprint density at radius 3 is 2.45 bits per heavy atom. The summed E-state index contributed by atoms with van der Waals surface area (Å²) in [7, 11) is 0. The molecule has 1 saturated heterocycles. The van der Waals surface area contributed by atoms with Gasteiger partial charge in [-0.25, -0.2) is 0 Å². The van der Waals surface area contributed by atoms with Crippen molar-refractivity contribution in [3.63, 3.8) is 0 Å². The number of benzene rings is 2. The molecule has 2 aromatic carbocycles. The van der Waals surface area contributed by atoms with Gasteiger partial charge >= 0.3 is 0 Å². The molecule has 4 nitrogen and oxygen atoms in total. The Hall–Kier alpha value is -2.69. The third-order valence-corrected chi connectivity index (χ3v) is 7.26. The lowest BCUT2D eigenvalue weighted by Gasteiger charge is -2.33. The normalized spacial score (nSPS) is 17.1. The van der Waals surface area contributed by atoms with Crippen LogP contribution in [0, 0.1) is 6.92 Å². The number of carbonyl (C=O) groups excluding carboxylic acids is 1. The van der Waals surface area contributed by atoms with Crippen molar-refractivity contribution in [2.75, 3.05) is 19.6 Å². The van der Waals surface area contributed by atoms with Crippen molar-refractivity contribution in [1.29, 1.82) is 0 Å². The van der Waals surface area contributed by atoms with Crippen LogP contribution in [0.25, 0.3) is 0 Å². The lowest BCUT2D eigenvalue weighted by Crippen LogP contribution is -2.37. The van der Waals surface area contributed by atoms with Crippen molar-refractivity contribution >= 4 is 17.5 Å². The smallest absolute Gasteiger partial charge is 0.256 e. The number of nitrogens with zero attached hydrogens (tertiary/aromatic N) is 3. The fraction of sp³-hybridized carbons (Fsp3) is 0.357. The minimum atomic E-state index is 0.121. The lowest BCUT2D eigenvalue weighted by atomic mass is 9.89. The minimum absolute atomic E-state index is 0.121. The van der Waals surface area contributed by atoms with Crippen LogP contribution in [-0.2, 0) is 19.5 Å². The first-order chi connectivity index (χ1) is 16.1. The summed E-state index contributed by atoms with van der Waals surface area (Å²) in [6.07, 6.45) is 2.96. The number of rotatable bonds is 4. The van der Waals surface area contributed by atoms with Gasteiger partial charge in [-0.3, -0.25) is 14.7 Å². The number of hydrogen-bond donors (Lipinski definition) is 0. The van der Waals surface area contributed by atoms with E-state index >= 15 is 0 Å².